The van der Waals surface area contributed by atoms with Gasteiger partial charge in [-0.1, -0.05) is 170 Å². The molecule has 2 aromatic heterocycles. The van der Waals surface area contributed by atoms with Gasteiger partial charge in [-0.2, -0.15) is 0 Å². The average Bonchev–Trinajstić information content (AvgIpc) is 4.01. The zero-order chi connectivity index (χ0) is 40.8. The summed E-state index contributed by atoms with van der Waals surface area (Å²) in [4.78, 5) is 10.2. The first kappa shape index (κ1) is 35.5. The fourth-order valence-corrected chi connectivity index (χ4v) is 13.8. The molecule has 0 fully saturated rings. The van der Waals surface area contributed by atoms with Crippen molar-refractivity contribution in [3.63, 3.8) is 0 Å². The molecule has 0 amide bonds. The van der Waals surface area contributed by atoms with Crippen molar-refractivity contribution in [1.82, 2.24) is 0 Å². The zero-order valence-electron chi connectivity index (χ0n) is 33.7. The van der Waals surface area contributed by atoms with Gasteiger partial charge in [-0.3, -0.25) is 0 Å². The maximum absolute atomic E-state index is 2.57. The molecule has 13 rings (SSSR count). The van der Waals surface area contributed by atoms with Crippen molar-refractivity contribution >= 4 is 56.8 Å². The van der Waals surface area contributed by atoms with Crippen LogP contribution in [0.5, 0.6) is 0 Å². The largest absolute Gasteiger partial charge is 0.310 e. The maximum Gasteiger partial charge on any atom is 0.0850 e. The van der Waals surface area contributed by atoms with Gasteiger partial charge in [-0.05, 0) is 105 Å². The minimum Gasteiger partial charge on any atom is -0.310 e. The van der Waals surface area contributed by atoms with E-state index in [4.69, 9.17) is 0 Å². The number of benzene rings is 8. The van der Waals surface area contributed by atoms with E-state index in [0.717, 1.165) is 11.4 Å². The van der Waals surface area contributed by atoms with Crippen molar-refractivity contribution in [2.24, 2.45) is 0 Å². The smallest absolute Gasteiger partial charge is 0.0850 e. The Bertz CT molecular complexity index is 2950. The summed E-state index contributed by atoms with van der Waals surface area (Å²) in [6, 6.07) is 85.8. The van der Waals surface area contributed by atoms with Crippen molar-refractivity contribution in [2.75, 3.05) is 9.80 Å². The average molecular weight is 827 g/mol. The van der Waals surface area contributed by atoms with Gasteiger partial charge in [0.15, 0.2) is 0 Å². The predicted octanol–water partition coefficient (Wildman–Crippen LogP) is 15.8. The lowest BCUT2D eigenvalue weighted by Crippen LogP contribution is -2.47. The topological polar surface area (TPSA) is 6.48 Å². The molecule has 3 aliphatic rings. The molecule has 0 saturated heterocycles. The Morgan fingerprint density at radius 1 is 0.274 bits per heavy atom. The van der Waals surface area contributed by atoms with Crippen molar-refractivity contribution in [1.29, 1.82) is 0 Å². The molecular formula is C58H38N2S2. The standard InChI is InChI=1S/C58H38N2S2/c1-5-21-39(22-6-1)53-37-47-55(61-53)58(45-31-15-19-35-51(45)60(42-27-11-4-12-28-42)52-36-20-16-32-46(52)58)48-38-54(40-23-7-2-8-24-40)62-56(48)57(47)43-29-13-17-33-49(43)59(41-25-9-3-10-26-41)50-34-18-14-30-44(50)57/h1-38H. The van der Waals surface area contributed by atoms with Gasteiger partial charge < -0.3 is 9.80 Å². The molecule has 4 heterocycles. The van der Waals surface area contributed by atoms with E-state index in [-0.39, 0.29) is 0 Å². The molecule has 0 atom stereocenters. The summed E-state index contributed by atoms with van der Waals surface area (Å²) in [5.41, 5.74) is 16.2. The number of hydrogen-bond acceptors (Lipinski definition) is 4. The van der Waals surface area contributed by atoms with Crippen molar-refractivity contribution < 1.29 is 0 Å². The second-order valence-electron chi connectivity index (χ2n) is 16.3. The number of hydrogen-bond donors (Lipinski definition) is 0. The van der Waals surface area contributed by atoms with E-state index in [1.165, 1.54) is 86.8 Å². The summed E-state index contributed by atoms with van der Waals surface area (Å²) >= 11 is 3.95. The second-order valence-corrected chi connectivity index (χ2v) is 18.5. The number of anilines is 6. The molecule has 2 nitrogen and oxygen atoms in total. The van der Waals surface area contributed by atoms with Crippen LogP contribution in [0.1, 0.15) is 43.1 Å². The monoisotopic (exact) mass is 826 g/mol. The van der Waals surface area contributed by atoms with Crippen LogP contribution in [-0.4, -0.2) is 0 Å². The van der Waals surface area contributed by atoms with Crippen LogP contribution >= 0.6 is 22.7 Å². The van der Waals surface area contributed by atoms with Gasteiger partial charge in [-0.15, -0.1) is 22.7 Å². The first-order valence-corrected chi connectivity index (χ1v) is 22.9. The highest BCUT2D eigenvalue weighted by Gasteiger charge is 2.61. The SMILES string of the molecule is c1ccc(-c2cc3c(s2)C2(c4ccccc4N(c4ccccc4)c4ccccc42)c2cc(-c4ccccc4)sc2C32c3ccccc3N(c3ccccc3)c3ccccc32)cc1. The molecule has 2 aliphatic heterocycles. The van der Waals surface area contributed by atoms with E-state index in [1.807, 2.05) is 22.7 Å². The molecule has 62 heavy (non-hydrogen) atoms. The Morgan fingerprint density at radius 3 is 0.871 bits per heavy atom. The number of rotatable bonds is 4. The number of thiophene rings is 2. The van der Waals surface area contributed by atoms with E-state index < -0.39 is 10.8 Å². The van der Waals surface area contributed by atoms with E-state index in [0.29, 0.717) is 0 Å². The van der Waals surface area contributed by atoms with Crippen molar-refractivity contribution in [3.8, 4) is 20.9 Å². The second kappa shape index (κ2) is 13.6. The fourth-order valence-electron chi connectivity index (χ4n) is 10.9. The zero-order valence-corrected chi connectivity index (χ0v) is 35.3. The van der Waals surface area contributed by atoms with Crippen molar-refractivity contribution in [2.45, 2.75) is 10.8 Å². The molecule has 0 unspecified atom stereocenters. The molecule has 4 heteroatoms. The summed E-state index contributed by atoms with van der Waals surface area (Å²) in [5.74, 6) is 0. The van der Waals surface area contributed by atoms with Crippen LogP contribution in [0.25, 0.3) is 20.9 Å². The van der Waals surface area contributed by atoms with E-state index >= 15 is 0 Å². The minimum absolute atomic E-state index is 0.643. The Balaban J connectivity index is 1.23. The summed E-state index contributed by atoms with van der Waals surface area (Å²) in [6.07, 6.45) is 0. The fraction of sp³-hybridized carbons (Fsp3) is 0.0345. The van der Waals surface area contributed by atoms with E-state index in [2.05, 4.69) is 240 Å². The molecule has 1 aliphatic carbocycles. The lowest BCUT2D eigenvalue weighted by molar-refractivity contribution is 0.634. The molecule has 292 valence electrons. The van der Waals surface area contributed by atoms with Gasteiger partial charge in [0.25, 0.3) is 0 Å². The van der Waals surface area contributed by atoms with Gasteiger partial charge in [0.2, 0.25) is 0 Å². The Kier molecular flexibility index (Phi) is 7.81. The van der Waals surface area contributed by atoms with Crippen LogP contribution in [-0.2, 0) is 10.8 Å². The molecule has 0 radical (unpaired) electrons. The van der Waals surface area contributed by atoms with Gasteiger partial charge in [-0.25, -0.2) is 0 Å². The summed E-state index contributed by atoms with van der Waals surface area (Å²) in [5, 5.41) is 0. The number of para-hydroxylation sites is 6. The molecular weight excluding hydrogens is 789 g/mol. The highest BCUT2D eigenvalue weighted by Crippen LogP contribution is 2.71. The first-order valence-electron chi connectivity index (χ1n) is 21.3. The summed E-state index contributed by atoms with van der Waals surface area (Å²) in [6.45, 7) is 0. The number of nitrogens with zero attached hydrogens (tertiary/aromatic N) is 2. The van der Waals surface area contributed by atoms with Crippen LogP contribution < -0.4 is 9.80 Å². The maximum atomic E-state index is 2.57. The van der Waals surface area contributed by atoms with Gasteiger partial charge in [0.05, 0.1) is 33.6 Å². The minimum atomic E-state index is -0.643. The summed E-state index contributed by atoms with van der Waals surface area (Å²) < 4.78 is 0. The van der Waals surface area contributed by atoms with Crippen LogP contribution in [0.4, 0.5) is 34.1 Å². The van der Waals surface area contributed by atoms with Crippen LogP contribution in [0.15, 0.2) is 231 Å². The molecule has 0 bridgehead atoms. The molecule has 2 spiro atoms. The third kappa shape index (κ3) is 4.74. The van der Waals surface area contributed by atoms with Crippen molar-refractivity contribution in [3.05, 3.63) is 274 Å². The Labute approximate surface area is 369 Å². The quantitative estimate of drug-likeness (QED) is 0.174. The highest BCUT2D eigenvalue weighted by atomic mass is 32.1. The van der Waals surface area contributed by atoms with E-state index in [1.54, 1.807) is 0 Å². The molecule has 10 aromatic rings. The third-order valence-corrected chi connectivity index (χ3v) is 15.9. The normalized spacial score (nSPS) is 14.6. The molecule has 0 saturated carbocycles. The lowest BCUT2D eigenvalue weighted by atomic mass is 9.53. The molecule has 0 N–H and O–H groups in total. The van der Waals surface area contributed by atoms with Gasteiger partial charge in [0.1, 0.15) is 0 Å². The number of fused-ring (bicyclic) bond motifs is 14. The van der Waals surface area contributed by atoms with Crippen LogP contribution in [0.2, 0.25) is 0 Å². The van der Waals surface area contributed by atoms with Gasteiger partial charge >= 0.3 is 0 Å². The lowest BCUT2D eigenvalue weighted by Gasteiger charge is -2.53. The Morgan fingerprint density at radius 2 is 0.548 bits per heavy atom. The molecule has 8 aromatic carbocycles. The third-order valence-electron chi connectivity index (χ3n) is 13.3. The summed E-state index contributed by atoms with van der Waals surface area (Å²) in [7, 11) is 0. The Hall–Kier alpha value is -7.24. The van der Waals surface area contributed by atoms with Crippen LogP contribution in [0, 0.1) is 0 Å². The van der Waals surface area contributed by atoms with Crippen LogP contribution in [0.3, 0.4) is 0 Å². The predicted molar refractivity (Wildman–Crippen MR) is 260 cm³/mol. The highest BCUT2D eigenvalue weighted by molar-refractivity contribution is 7.17. The van der Waals surface area contributed by atoms with E-state index in [9.17, 15) is 0 Å². The van der Waals surface area contributed by atoms with Gasteiger partial charge in [0, 0.05) is 30.9 Å². The first-order chi connectivity index (χ1) is 30.8.